The first-order valence-corrected chi connectivity index (χ1v) is 6.26. The maximum absolute atomic E-state index is 13.0. The van der Waals surface area contributed by atoms with Crippen LogP contribution in [0.15, 0.2) is 18.2 Å². The van der Waals surface area contributed by atoms with Crippen molar-refractivity contribution in [3.05, 3.63) is 24.0 Å². The summed E-state index contributed by atoms with van der Waals surface area (Å²) < 4.78 is 13.0. The number of aromatic amines is 1. The van der Waals surface area contributed by atoms with Gasteiger partial charge in [0.25, 0.3) is 0 Å². The normalized spacial score (nSPS) is 18.3. The highest BCUT2D eigenvalue weighted by molar-refractivity contribution is 5.77. The van der Waals surface area contributed by atoms with Gasteiger partial charge in [-0.15, -0.1) is 0 Å². The summed E-state index contributed by atoms with van der Waals surface area (Å²) in [4.78, 5) is 7.31. The van der Waals surface area contributed by atoms with Crippen molar-refractivity contribution in [1.29, 1.82) is 0 Å². The van der Waals surface area contributed by atoms with E-state index in [-0.39, 0.29) is 5.82 Å². The third kappa shape index (κ3) is 2.18. The molecule has 96 valence electrons. The molecular weight excluding hydrogens is 233 g/mol. The standard InChI is InChI=1S/C13H16FN3O/c14-9-3-4-10-11(7-9)17-12(16-10)15-8-13(18)5-1-2-6-13/h3-4,7,18H,1-2,5-6,8H2,(H2,15,16,17). The minimum absolute atomic E-state index is 0.285. The third-order valence-electron chi connectivity index (χ3n) is 3.56. The minimum atomic E-state index is -0.621. The smallest absolute Gasteiger partial charge is 0.201 e. The molecule has 1 saturated carbocycles. The highest BCUT2D eigenvalue weighted by Crippen LogP contribution is 2.29. The van der Waals surface area contributed by atoms with Crippen LogP contribution in [-0.2, 0) is 0 Å². The molecule has 1 aromatic heterocycles. The van der Waals surface area contributed by atoms with Gasteiger partial charge in [0.15, 0.2) is 0 Å². The van der Waals surface area contributed by atoms with Gasteiger partial charge in [-0.25, -0.2) is 9.37 Å². The number of rotatable bonds is 3. The van der Waals surface area contributed by atoms with Gasteiger partial charge in [0.05, 0.1) is 16.6 Å². The second kappa shape index (κ2) is 4.24. The zero-order chi connectivity index (χ0) is 12.6. The van der Waals surface area contributed by atoms with E-state index >= 15 is 0 Å². The average molecular weight is 249 g/mol. The summed E-state index contributed by atoms with van der Waals surface area (Å²) in [6.07, 6.45) is 3.80. The molecule has 0 amide bonds. The number of fused-ring (bicyclic) bond motifs is 1. The van der Waals surface area contributed by atoms with Crippen molar-refractivity contribution >= 4 is 17.0 Å². The predicted molar refractivity (Wildman–Crippen MR) is 68.0 cm³/mol. The second-order valence-electron chi connectivity index (χ2n) is 5.03. The molecule has 0 unspecified atom stereocenters. The van der Waals surface area contributed by atoms with Crippen LogP contribution in [0.2, 0.25) is 0 Å². The molecule has 1 aliphatic carbocycles. The average Bonchev–Trinajstić information content (AvgIpc) is 2.93. The van der Waals surface area contributed by atoms with Crippen molar-refractivity contribution in [3.8, 4) is 0 Å². The molecule has 0 atom stereocenters. The van der Waals surface area contributed by atoms with Gasteiger partial charge in [0, 0.05) is 6.54 Å². The largest absolute Gasteiger partial charge is 0.388 e. The van der Waals surface area contributed by atoms with Crippen molar-refractivity contribution in [2.75, 3.05) is 11.9 Å². The van der Waals surface area contributed by atoms with Crippen molar-refractivity contribution < 1.29 is 9.50 Å². The Labute approximate surface area is 104 Å². The quantitative estimate of drug-likeness (QED) is 0.783. The van der Waals surface area contributed by atoms with Crippen LogP contribution in [0.5, 0.6) is 0 Å². The minimum Gasteiger partial charge on any atom is -0.388 e. The van der Waals surface area contributed by atoms with Crippen molar-refractivity contribution in [1.82, 2.24) is 9.97 Å². The number of benzene rings is 1. The number of aliphatic hydroxyl groups is 1. The number of halogens is 1. The molecule has 1 aliphatic rings. The van der Waals surface area contributed by atoms with Crippen LogP contribution < -0.4 is 5.32 Å². The zero-order valence-corrected chi connectivity index (χ0v) is 10.0. The Kier molecular flexibility index (Phi) is 2.70. The Morgan fingerprint density at radius 2 is 2.17 bits per heavy atom. The lowest BCUT2D eigenvalue weighted by molar-refractivity contribution is 0.0613. The first kappa shape index (κ1) is 11.5. The molecule has 5 heteroatoms. The molecule has 0 spiro atoms. The molecule has 1 aromatic carbocycles. The second-order valence-corrected chi connectivity index (χ2v) is 5.03. The zero-order valence-electron chi connectivity index (χ0n) is 10.0. The lowest BCUT2D eigenvalue weighted by Gasteiger charge is -2.21. The van der Waals surface area contributed by atoms with Crippen LogP contribution in [0.25, 0.3) is 11.0 Å². The van der Waals surface area contributed by atoms with E-state index in [2.05, 4.69) is 15.3 Å². The van der Waals surface area contributed by atoms with Gasteiger partial charge in [-0.05, 0) is 31.0 Å². The van der Waals surface area contributed by atoms with E-state index in [1.807, 2.05) is 0 Å². The fraction of sp³-hybridized carbons (Fsp3) is 0.462. The fourth-order valence-electron chi connectivity index (χ4n) is 2.52. The van der Waals surface area contributed by atoms with Gasteiger partial charge in [0.1, 0.15) is 5.82 Å². The number of nitrogens with one attached hydrogen (secondary N) is 2. The van der Waals surface area contributed by atoms with Gasteiger partial charge in [-0.3, -0.25) is 0 Å². The van der Waals surface area contributed by atoms with Crippen molar-refractivity contribution in [2.24, 2.45) is 0 Å². The van der Waals surface area contributed by atoms with E-state index in [1.54, 1.807) is 6.07 Å². The lowest BCUT2D eigenvalue weighted by atomic mass is 10.0. The van der Waals surface area contributed by atoms with E-state index < -0.39 is 5.60 Å². The van der Waals surface area contributed by atoms with Crippen LogP contribution in [0.1, 0.15) is 25.7 Å². The predicted octanol–water partition coefficient (Wildman–Crippen LogP) is 2.42. The molecule has 1 heterocycles. The van der Waals surface area contributed by atoms with Gasteiger partial charge in [0.2, 0.25) is 5.95 Å². The molecule has 3 rings (SSSR count). The number of H-pyrrole nitrogens is 1. The molecule has 1 fully saturated rings. The lowest BCUT2D eigenvalue weighted by Crippen LogP contribution is -2.33. The molecule has 0 aliphatic heterocycles. The summed E-state index contributed by atoms with van der Waals surface area (Å²) in [5, 5.41) is 13.3. The summed E-state index contributed by atoms with van der Waals surface area (Å²) in [5.41, 5.74) is 0.762. The number of imidazole rings is 1. The summed E-state index contributed by atoms with van der Waals surface area (Å²) in [5.74, 6) is 0.294. The Hall–Kier alpha value is -1.62. The molecule has 4 nitrogen and oxygen atoms in total. The number of hydrogen-bond donors (Lipinski definition) is 3. The summed E-state index contributed by atoms with van der Waals surface area (Å²) in [6.45, 7) is 0.481. The van der Waals surface area contributed by atoms with E-state index in [1.165, 1.54) is 12.1 Å². The number of hydrogen-bond acceptors (Lipinski definition) is 3. The fourth-order valence-corrected chi connectivity index (χ4v) is 2.52. The number of anilines is 1. The monoisotopic (exact) mass is 249 g/mol. The molecule has 0 radical (unpaired) electrons. The van der Waals surface area contributed by atoms with Crippen LogP contribution in [0.3, 0.4) is 0 Å². The van der Waals surface area contributed by atoms with E-state index in [0.717, 1.165) is 31.2 Å². The maximum Gasteiger partial charge on any atom is 0.201 e. The Morgan fingerprint density at radius 3 is 2.94 bits per heavy atom. The van der Waals surface area contributed by atoms with Gasteiger partial charge < -0.3 is 15.4 Å². The maximum atomic E-state index is 13.0. The Bertz CT molecular complexity index is 560. The van der Waals surface area contributed by atoms with E-state index in [9.17, 15) is 9.50 Å². The van der Waals surface area contributed by atoms with Crippen molar-refractivity contribution in [2.45, 2.75) is 31.3 Å². The molecule has 0 bridgehead atoms. The molecule has 0 saturated heterocycles. The SMILES string of the molecule is OC1(CNc2nc3ccc(F)cc3[nH]2)CCCC1. The number of nitrogens with zero attached hydrogens (tertiary/aromatic N) is 1. The first-order chi connectivity index (χ1) is 8.65. The Balaban J connectivity index is 1.74. The number of aromatic nitrogens is 2. The molecule has 3 N–H and O–H groups in total. The molecule has 2 aromatic rings. The van der Waals surface area contributed by atoms with Gasteiger partial charge >= 0.3 is 0 Å². The summed E-state index contributed by atoms with van der Waals surface area (Å²) >= 11 is 0. The highest BCUT2D eigenvalue weighted by atomic mass is 19.1. The van der Waals surface area contributed by atoms with Crippen LogP contribution in [0, 0.1) is 5.82 Å². The van der Waals surface area contributed by atoms with Gasteiger partial charge in [-0.2, -0.15) is 0 Å². The molecular formula is C13H16FN3O. The summed E-state index contributed by atoms with van der Waals surface area (Å²) in [6, 6.07) is 4.44. The van der Waals surface area contributed by atoms with Crippen molar-refractivity contribution in [3.63, 3.8) is 0 Å². The van der Waals surface area contributed by atoms with Crippen LogP contribution >= 0.6 is 0 Å². The molecule has 18 heavy (non-hydrogen) atoms. The van der Waals surface area contributed by atoms with Crippen LogP contribution in [0.4, 0.5) is 10.3 Å². The third-order valence-corrected chi connectivity index (χ3v) is 3.56. The summed E-state index contributed by atoms with van der Waals surface area (Å²) in [7, 11) is 0. The van der Waals surface area contributed by atoms with E-state index in [4.69, 9.17) is 0 Å². The Morgan fingerprint density at radius 1 is 1.39 bits per heavy atom. The van der Waals surface area contributed by atoms with E-state index in [0.29, 0.717) is 18.0 Å². The van der Waals surface area contributed by atoms with Gasteiger partial charge in [-0.1, -0.05) is 12.8 Å². The topological polar surface area (TPSA) is 60.9 Å². The first-order valence-electron chi connectivity index (χ1n) is 6.26. The highest BCUT2D eigenvalue weighted by Gasteiger charge is 2.30. The van der Waals surface area contributed by atoms with Crippen LogP contribution in [-0.4, -0.2) is 27.2 Å².